The van der Waals surface area contributed by atoms with Gasteiger partial charge in [0.25, 0.3) is 0 Å². The zero-order valence-corrected chi connectivity index (χ0v) is 10.3. The number of allylic oxidation sites excluding steroid dienone is 2. The number of hydrogen-bond donors (Lipinski definition) is 3. The highest BCUT2D eigenvalue weighted by Gasteiger charge is 2.33. The van der Waals surface area contributed by atoms with Crippen molar-refractivity contribution in [3.05, 3.63) is 12.2 Å². The number of aliphatic carboxylic acids is 1. The molecular weight excluding hydrogens is 238 g/mol. The van der Waals surface area contributed by atoms with Gasteiger partial charge in [-0.15, -0.1) is 0 Å². The molecule has 0 aliphatic heterocycles. The first-order chi connectivity index (χ1) is 8.56. The summed E-state index contributed by atoms with van der Waals surface area (Å²) in [7, 11) is 1.46. The second-order valence-electron chi connectivity index (χ2n) is 4.35. The van der Waals surface area contributed by atoms with Crippen molar-refractivity contribution in [2.24, 2.45) is 11.8 Å². The van der Waals surface area contributed by atoms with Crippen molar-refractivity contribution < 1.29 is 24.5 Å². The number of carboxylic acids is 1. The van der Waals surface area contributed by atoms with E-state index in [9.17, 15) is 14.7 Å². The number of aliphatic hydroxyl groups excluding tert-OH is 1. The summed E-state index contributed by atoms with van der Waals surface area (Å²) in [4.78, 5) is 22.9. The van der Waals surface area contributed by atoms with Gasteiger partial charge in [0.2, 0.25) is 5.91 Å². The van der Waals surface area contributed by atoms with Crippen LogP contribution >= 0.6 is 0 Å². The van der Waals surface area contributed by atoms with Crippen LogP contribution in [0.2, 0.25) is 0 Å². The Balaban J connectivity index is 2.49. The monoisotopic (exact) mass is 257 g/mol. The molecule has 0 aromatic rings. The number of methoxy groups -OCH3 is 1. The van der Waals surface area contributed by atoms with Gasteiger partial charge in [-0.3, -0.25) is 9.59 Å². The summed E-state index contributed by atoms with van der Waals surface area (Å²) < 4.78 is 4.73. The highest BCUT2D eigenvalue weighted by atomic mass is 16.5. The van der Waals surface area contributed by atoms with Crippen molar-refractivity contribution in [2.45, 2.75) is 18.9 Å². The van der Waals surface area contributed by atoms with Gasteiger partial charge in [0.15, 0.2) is 0 Å². The lowest BCUT2D eigenvalue weighted by molar-refractivity contribution is -0.147. The van der Waals surface area contributed by atoms with Gasteiger partial charge in [0, 0.05) is 13.7 Å². The second kappa shape index (κ2) is 7.13. The van der Waals surface area contributed by atoms with Crippen LogP contribution in [0, 0.1) is 11.8 Å². The van der Waals surface area contributed by atoms with Gasteiger partial charge in [-0.05, 0) is 12.8 Å². The molecule has 1 aliphatic carbocycles. The molecule has 1 aliphatic rings. The molecule has 0 spiro atoms. The van der Waals surface area contributed by atoms with Crippen molar-refractivity contribution in [2.75, 3.05) is 20.3 Å². The molecule has 1 rings (SSSR count). The van der Waals surface area contributed by atoms with Crippen molar-refractivity contribution in [1.29, 1.82) is 0 Å². The summed E-state index contributed by atoms with van der Waals surface area (Å²) >= 11 is 0. The fourth-order valence-electron chi connectivity index (χ4n) is 1.98. The molecule has 0 saturated carbocycles. The van der Waals surface area contributed by atoms with Gasteiger partial charge >= 0.3 is 5.97 Å². The Morgan fingerprint density at radius 3 is 2.56 bits per heavy atom. The minimum Gasteiger partial charge on any atom is -0.481 e. The number of carbonyl (C=O) groups is 2. The maximum absolute atomic E-state index is 11.9. The van der Waals surface area contributed by atoms with Gasteiger partial charge in [0.1, 0.15) is 0 Å². The van der Waals surface area contributed by atoms with Gasteiger partial charge in [-0.25, -0.2) is 0 Å². The van der Waals surface area contributed by atoms with Crippen LogP contribution in [0.15, 0.2) is 12.2 Å². The number of carboxylic acid groups (broad SMARTS) is 1. The fourth-order valence-corrected chi connectivity index (χ4v) is 1.98. The summed E-state index contributed by atoms with van der Waals surface area (Å²) in [5, 5.41) is 21.0. The molecule has 6 nitrogen and oxygen atoms in total. The molecule has 1 unspecified atom stereocenters. The number of ether oxygens (including phenoxy) is 1. The van der Waals surface area contributed by atoms with Gasteiger partial charge in [-0.1, -0.05) is 12.2 Å². The molecule has 0 heterocycles. The average Bonchev–Trinajstić information content (AvgIpc) is 2.36. The standard InChI is InChI=1S/C12H19NO5/c1-18-7-8(14)6-13-11(15)9-4-2-3-5-10(9)12(16)17/h2-3,8-10,14H,4-7H2,1H3,(H,13,15)(H,16,17)/t8?,9-,10+/m1/s1. The van der Waals surface area contributed by atoms with E-state index in [0.29, 0.717) is 12.8 Å². The third-order valence-electron chi connectivity index (χ3n) is 2.96. The quantitative estimate of drug-likeness (QED) is 0.572. The number of amides is 1. The predicted octanol–water partition coefficient (Wildman–Crippen LogP) is -0.223. The van der Waals surface area contributed by atoms with Gasteiger partial charge in [-0.2, -0.15) is 0 Å². The lowest BCUT2D eigenvalue weighted by Crippen LogP contribution is -2.42. The fraction of sp³-hybridized carbons (Fsp3) is 0.667. The molecule has 0 saturated heterocycles. The lowest BCUT2D eigenvalue weighted by atomic mass is 9.82. The molecule has 0 bridgehead atoms. The minimum absolute atomic E-state index is 0.0687. The van der Waals surface area contributed by atoms with Gasteiger partial charge in [0.05, 0.1) is 24.5 Å². The van der Waals surface area contributed by atoms with Crippen LogP contribution in [0.1, 0.15) is 12.8 Å². The molecular formula is C12H19NO5. The van der Waals surface area contributed by atoms with Crippen molar-refractivity contribution in [1.82, 2.24) is 5.32 Å². The highest BCUT2D eigenvalue weighted by Crippen LogP contribution is 2.25. The molecule has 3 N–H and O–H groups in total. The number of carbonyl (C=O) groups excluding carboxylic acids is 1. The molecule has 0 radical (unpaired) electrons. The minimum atomic E-state index is -0.961. The molecule has 0 fully saturated rings. The SMILES string of the molecule is COCC(O)CNC(=O)[C@@H]1CC=CC[C@@H]1C(=O)O. The average molecular weight is 257 g/mol. The predicted molar refractivity (Wildman–Crippen MR) is 63.9 cm³/mol. The zero-order chi connectivity index (χ0) is 13.5. The van der Waals surface area contributed by atoms with E-state index in [-0.39, 0.29) is 19.1 Å². The first-order valence-electron chi connectivity index (χ1n) is 5.88. The summed E-state index contributed by atoms with van der Waals surface area (Å²) in [5.41, 5.74) is 0. The van der Waals surface area contributed by atoms with E-state index in [2.05, 4.69) is 5.32 Å². The summed E-state index contributed by atoms with van der Waals surface area (Å²) in [6.07, 6.45) is 3.61. The Kier molecular flexibility index (Phi) is 5.80. The number of nitrogens with one attached hydrogen (secondary N) is 1. The molecule has 6 heteroatoms. The molecule has 1 amide bonds. The second-order valence-corrected chi connectivity index (χ2v) is 4.35. The molecule has 102 valence electrons. The van der Waals surface area contributed by atoms with E-state index in [1.54, 1.807) is 6.08 Å². The van der Waals surface area contributed by atoms with Crippen LogP contribution < -0.4 is 5.32 Å². The Morgan fingerprint density at radius 2 is 2.00 bits per heavy atom. The molecule has 0 aromatic heterocycles. The first kappa shape index (κ1) is 14.7. The van der Waals surface area contributed by atoms with E-state index >= 15 is 0 Å². The maximum atomic E-state index is 11.9. The normalized spacial score (nSPS) is 24.6. The number of rotatable bonds is 6. The van der Waals surface area contributed by atoms with E-state index < -0.39 is 23.9 Å². The summed E-state index contributed by atoms with van der Waals surface area (Å²) in [6.45, 7) is 0.201. The van der Waals surface area contributed by atoms with Crippen molar-refractivity contribution >= 4 is 11.9 Å². The van der Waals surface area contributed by atoms with Crippen LogP contribution in [-0.4, -0.2) is 48.5 Å². The Bertz CT molecular complexity index is 328. The molecule has 18 heavy (non-hydrogen) atoms. The summed E-state index contributed by atoms with van der Waals surface area (Å²) in [6, 6.07) is 0. The van der Waals surface area contributed by atoms with Gasteiger partial charge < -0.3 is 20.3 Å². The largest absolute Gasteiger partial charge is 0.481 e. The number of aliphatic hydroxyl groups is 1. The third kappa shape index (κ3) is 4.12. The van der Waals surface area contributed by atoms with E-state index in [1.165, 1.54) is 7.11 Å². The Labute approximate surface area is 106 Å². The first-order valence-corrected chi connectivity index (χ1v) is 5.88. The van der Waals surface area contributed by atoms with E-state index in [4.69, 9.17) is 9.84 Å². The van der Waals surface area contributed by atoms with E-state index in [1.807, 2.05) is 6.08 Å². The maximum Gasteiger partial charge on any atom is 0.307 e. The zero-order valence-electron chi connectivity index (χ0n) is 10.3. The van der Waals surface area contributed by atoms with E-state index in [0.717, 1.165) is 0 Å². The highest BCUT2D eigenvalue weighted by molar-refractivity contribution is 5.85. The summed E-state index contributed by atoms with van der Waals surface area (Å²) in [5.74, 6) is -2.55. The van der Waals surface area contributed by atoms with Crippen LogP contribution in [-0.2, 0) is 14.3 Å². The Hall–Kier alpha value is -1.40. The van der Waals surface area contributed by atoms with Crippen LogP contribution in [0.5, 0.6) is 0 Å². The molecule has 3 atom stereocenters. The topological polar surface area (TPSA) is 95.9 Å². The number of hydrogen-bond acceptors (Lipinski definition) is 4. The van der Waals surface area contributed by atoms with Crippen molar-refractivity contribution in [3.8, 4) is 0 Å². The smallest absolute Gasteiger partial charge is 0.307 e. The molecule has 0 aromatic carbocycles. The van der Waals surface area contributed by atoms with Crippen LogP contribution in [0.4, 0.5) is 0 Å². The Morgan fingerprint density at radius 1 is 1.39 bits per heavy atom. The third-order valence-corrected chi connectivity index (χ3v) is 2.96. The van der Waals surface area contributed by atoms with Crippen molar-refractivity contribution in [3.63, 3.8) is 0 Å². The van der Waals surface area contributed by atoms with Crippen LogP contribution in [0.25, 0.3) is 0 Å². The van der Waals surface area contributed by atoms with Crippen LogP contribution in [0.3, 0.4) is 0 Å². The lowest BCUT2D eigenvalue weighted by Gasteiger charge is -2.24.